The Morgan fingerprint density at radius 2 is 2.04 bits per heavy atom. The van der Waals surface area contributed by atoms with E-state index < -0.39 is 29.2 Å². The number of hydrogen-bond donors (Lipinski definition) is 0. The molecule has 6 heteroatoms. The highest BCUT2D eigenvalue weighted by Crippen LogP contribution is 2.67. The Bertz CT molecular complexity index is 763. The lowest BCUT2D eigenvalue weighted by Crippen LogP contribution is -2.42. The Labute approximate surface area is 145 Å². The van der Waals surface area contributed by atoms with Gasteiger partial charge in [0.1, 0.15) is 11.9 Å². The molecule has 0 spiro atoms. The second-order valence-corrected chi connectivity index (χ2v) is 7.82. The molecule has 1 aromatic rings. The van der Waals surface area contributed by atoms with Crippen LogP contribution in [0.1, 0.15) is 36.7 Å². The maximum Gasteiger partial charge on any atom is 0.311 e. The third kappa shape index (κ3) is 2.20. The molecule has 4 rings (SSSR count). The van der Waals surface area contributed by atoms with Gasteiger partial charge in [-0.3, -0.25) is 14.4 Å². The van der Waals surface area contributed by atoms with Gasteiger partial charge < -0.3 is 14.2 Å². The number of ether oxygens (including phenoxy) is 3. The van der Waals surface area contributed by atoms with Crippen LogP contribution >= 0.6 is 0 Å². The molecule has 5 atom stereocenters. The minimum Gasteiger partial charge on any atom is -0.460 e. The van der Waals surface area contributed by atoms with E-state index in [1.807, 2.05) is 0 Å². The molecule has 0 aromatic heterocycles. The Balaban J connectivity index is 1.82. The highest BCUT2D eigenvalue weighted by molar-refractivity contribution is 6.06. The van der Waals surface area contributed by atoms with E-state index in [0.29, 0.717) is 11.1 Å². The molecule has 2 heterocycles. The molecule has 0 N–H and O–H groups in total. The van der Waals surface area contributed by atoms with Crippen LogP contribution in [0.25, 0.3) is 0 Å². The summed E-state index contributed by atoms with van der Waals surface area (Å²) in [7, 11) is 0. The van der Waals surface area contributed by atoms with Crippen LogP contribution in [0.5, 0.6) is 0 Å². The Hall–Kier alpha value is -2.05. The quantitative estimate of drug-likeness (QED) is 0.613. The predicted molar refractivity (Wildman–Crippen MR) is 86.0 cm³/mol. The highest BCUT2D eigenvalue weighted by Gasteiger charge is 2.81. The highest BCUT2D eigenvalue weighted by atomic mass is 16.7. The summed E-state index contributed by atoms with van der Waals surface area (Å²) < 4.78 is 16.6. The lowest BCUT2D eigenvalue weighted by atomic mass is 9.82. The van der Waals surface area contributed by atoms with Gasteiger partial charge in [-0.2, -0.15) is 0 Å². The van der Waals surface area contributed by atoms with E-state index in [0.717, 1.165) is 6.29 Å². The van der Waals surface area contributed by atoms with Gasteiger partial charge in [-0.25, -0.2) is 0 Å². The first-order valence-corrected chi connectivity index (χ1v) is 8.39. The van der Waals surface area contributed by atoms with Gasteiger partial charge >= 0.3 is 5.97 Å². The molecule has 2 bridgehead atoms. The van der Waals surface area contributed by atoms with Crippen molar-refractivity contribution in [3.8, 4) is 0 Å². The van der Waals surface area contributed by atoms with Gasteiger partial charge in [0.25, 0.3) is 0 Å². The maximum atomic E-state index is 13.1. The van der Waals surface area contributed by atoms with Crippen molar-refractivity contribution >= 4 is 18.0 Å². The van der Waals surface area contributed by atoms with E-state index in [2.05, 4.69) is 0 Å². The summed E-state index contributed by atoms with van der Waals surface area (Å²) >= 11 is 0. The van der Waals surface area contributed by atoms with Crippen molar-refractivity contribution in [3.05, 3.63) is 35.4 Å². The van der Waals surface area contributed by atoms with Gasteiger partial charge in [0, 0.05) is 11.5 Å². The SMILES string of the molecule is CC(C)(C)OC(=O)[C@H]1[C@@H]2[C@H]3CO[C@H](O3)C(=O)[C@@]21c1ccccc1C=O. The van der Waals surface area contributed by atoms with E-state index in [-0.39, 0.29) is 24.4 Å². The predicted octanol–water partition coefficient (Wildman–Crippen LogP) is 1.65. The van der Waals surface area contributed by atoms with Gasteiger partial charge in [0.2, 0.25) is 12.1 Å². The molecule has 6 nitrogen and oxygen atoms in total. The molecule has 3 fully saturated rings. The van der Waals surface area contributed by atoms with Crippen LogP contribution in [-0.4, -0.2) is 42.6 Å². The molecule has 1 saturated carbocycles. The largest absolute Gasteiger partial charge is 0.460 e. The van der Waals surface area contributed by atoms with Crippen molar-refractivity contribution in [2.24, 2.45) is 11.8 Å². The van der Waals surface area contributed by atoms with Crippen molar-refractivity contribution in [2.75, 3.05) is 6.61 Å². The number of fused-ring (bicyclic) bond motifs is 4. The summed E-state index contributed by atoms with van der Waals surface area (Å²) in [5.41, 5.74) is -0.773. The summed E-state index contributed by atoms with van der Waals surface area (Å²) in [5.74, 6) is -1.74. The summed E-state index contributed by atoms with van der Waals surface area (Å²) in [5, 5.41) is 0. The minimum absolute atomic E-state index is 0.269. The minimum atomic E-state index is -1.09. The van der Waals surface area contributed by atoms with Crippen molar-refractivity contribution < 1.29 is 28.6 Å². The van der Waals surface area contributed by atoms with Gasteiger partial charge in [-0.15, -0.1) is 0 Å². The third-order valence-corrected chi connectivity index (χ3v) is 5.19. The van der Waals surface area contributed by atoms with Gasteiger partial charge in [-0.05, 0) is 26.3 Å². The number of rotatable bonds is 3. The number of Topliss-reactive ketones (excluding diaryl/α,β-unsaturated/α-hetero) is 1. The number of carbonyl (C=O) groups is 3. The normalized spacial score (nSPS) is 35.9. The fourth-order valence-electron chi connectivity index (χ4n) is 4.33. The lowest BCUT2D eigenvalue weighted by Gasteiger charge is -2.26. The van der Waals surface area contributed by atoms with Crippen LogP contribution < -0.4 is 0 Å². The molecule has 2 saturated heterocycles. The van der Waals surface area contributed by atoms with Crippen LogP contribution in [-0.2, 0) is 29.2 Å². The first-order chi connectivity index (χ1) is 11.8. The first kappa shape index (κ1) is 16.4. The fourth-order valence-corrected chi connectivity index (χ4v) is 4.33. The van der Waals surface area contributed by atoms with Crippen molar-refractivity contribution in [2.45, 2.75) is 44.2 Å². The number of ketones is 1. The number of esters is 1. The average Bonchev–Trinajstić information content (AvgIpc) is 3.08. The zero-order valence-corrected chi connectivity index (χ0v) is 14.4. The van der Waals surface area contributed by atoms with Crippen molar-refractivity contribution in [3.63, 3.8) is 0 Å². The summed E-state index contributed by atoms with van der Waals surface area (Å²) in [6.45, 7) is 5.63. The Morgan fingerprint density at radius 3 is 2.72 bits per heavy atom. The third-order valence-electron chi connectivity index (χ3n) is 5.19. The van der Waals surface area contributed by atoms with E-state index in [4.69, 9.17) is 14.2 Å². The summed E-state index contributed by atoms with van der Waals surface area (Å²) in [6.07, 6.45) is -0.606. The molecule has 3 aliphatic rings. The maximum absolute atomic E-state index is 13.1. The fraction of sp³-hybridized carbons (Fsp3) is 0.526. The van der Waals surface area contributed by atoms with Gasteiger partial charge in [-0.1, -0.05) is 24.3 Å². The van der Waals surface area contributed by atoms with Crippen molar-refractivity contribution in [1.82, 2.24) is 0 Å². The standard InChI is InChI=1S/C19H20O6/c1-18(2,3)25-16(22)14-13-12-9-23-17(24-12)15(21)19(13,14)11-7-5-4-6-10(11)8-20/h4-8,12-14,17H,9H2,1-3H3/t12-,13+,14-,17-,19+/m1/s1. The molecule has 25 heavy (non-hydrogen) atoms. The van der Waals surface area contributed by atoms with Gasteiger partial charge in [0.15, 0.2) is 0 Å². The van der Waals surface area contributed by atoms with Crippen LogP contribution in [0, 0.1) is 11.8 Å². The second-order valence-electron chi connectivity index (χ2n) is 7.82. The zero-order valence-electron chi connectivity index (χ0n) is 14.4. The molecule has 2 aliphatic heterocycles. The van der Waals surface area contributed by atoms with E-state index in [9.17, 15) is 14.4 Å². The van der Waals surface area contributed by atoms with Crippen LogP contribution in [0.3, 0.4) is 0 Å². The summed E-state index contributed by atoms with van der Waals surface area (Å²) in [4.78, 5) is 37.5. The Morgan fingerprint density at radius 1 is 1.32 bits per heavy atom. The second kappa shape index (κ2) is 5.22. The van der Waals surface area contributed by atoms with E-state index in [1.165, 1.54) is 0 Å². The molecule has 1 aromatic carbocycles. The zero-order chi connectivity index (χ0) is 18.0. The topological polar surface area (TPSA) is 78.9 Å². The number of carbonyl (C=O) groups excluding carboxylic acids is 3. The molecular formula is C19H20O6. The monoisotopic (exact) mass is 344 g/mol. The number of benzene rings is 1. The molecule has 1 aliphatic carbocycles. The van der Waals surface area contributed by atoms with Crippen LogP contribution in [0.2, 0.25) is 0 Å². The van der Waals surface area contributed by atoms with Crippen LogP contribution in [0.4, 0.5) is 0 Å². The van der Waals surface area contributed by atoms with E-state index in [1.54, 1.807) is 45.0 Å². The first-order valence-electron chi connectivity index (χ1n) is 8.39. The molecule has 0 radical (unpaired) electrons. The average molecular weight is 344 g/mol. The van der Waals surface area contributed by atoms with Gasteiger partial charge in [0.05, 0.1) is 24.0 Å². The van der Waals surface area contributed by atoms with E-state index >= 15 is 0 Å². The summed E-state index contributed by atoms with van der Waals surface area (Å²) in [6, 6.07) is 6.90. The smallest absolute Gasteiger partial charge is 0.311 e. The molecule has 0 unspecified atom stereocenters. The number of hydrogen-bond acceptors (Lipinski definition) is 6. The Kier molecular flexibility index (Phi) is 3.43. The molecular weight excluding hydrogens is 324 g/mol. The number of aldehydes is 1. The molecule has 132 valence electrons. The molecule has 0 amide bonds. The van der Waals surface area contributed by atoms with Crippen LogP contribution in [0.15, 0.2) is 24.3 Å². The van der Waals surface area contributed by atoms with Crippen molar-refractivity contribution in [1.29, 1.82) is 0 Å². The lowest BCUT2D eigenvalue weighted by molar-refractivity contribution is -0.159.